The third-order valence-corrected chi connectivity index (χ3v) is 2.93. The summed E-state index contributed by atoms with van der Waals surface area (Å²) in [5.41, 5.74) is 3.19. The van der Waals surface area contributed by atoms with Crippen molar-refractivity contribution in [1.82, 2.24) is 9.59 Å². The smallest absolute Gasteiger partial charge is 0.198 e. The molecule has 4 nitrogen and oxygen atoms in total. The Balaban J connectivity index is 0.00000108. The highest BCUT2D eigenvalue weighted by Gasteiger charge is 2.10. The number of rotatable bonds is 2. The number of halogens is 1. The van der Waals surface area contributed by atoms with Crippen LogP contribution in [0.15, 0.2) is 47.0 Å². The first-order valence-corrected chi connectivity index (χ1v) is 5.72. The molecule has 2 heterocycles. The Morgan fingerprint density at radius 1 is 1.12 bits per heavy atom. The summed E-state index contributed by atoms with van der Waals surface area (Å²) in [7, 11) is 0. The summed E-state index contributed by atoms with van der Waals surface area (Å²) >= 11 is 1.37. The van der Waals surface area contributed by atoms with Gasteiger partial charge in [0.2, 0.25) is 0 Å². The van der Waals surface area contributed by atoms with Gasteiger partial charge in [-0.25, -0.2) is 9.89 Å². The lowest BCUT2D eigenvalue weighted by Crippen LogP contribution is -3.00. The van der Waals surface area contributed by atoms with Crippen LogP contribution in [-0.4, -0.2) is 15.9 Å². The molecule has 0 aliphatic carbocycles. The fourth-order valence-electron chi connectivity index (χ4n) is 1.58. The summed E-state index contributed by atoms with van der Waals surface area (Å²) in [5.74, 6) is 0. The Kier molecular flexibility index (Phi) is 3.63. The van der Waals surface area contributed by atoms with Gasteiger partial charge in [-0.2, -0.15) is 0 Å². The molecule has 1 aliphatic heterocycles. The first-order valence-electron chi connectivity index (χ1n) is 4.88. The van der Waals surface area contributed by atoms with Crippen LogP contribution >= 0.6 is 11.5 Å². The molecule has 1 aromatic carbocycles. The van der Waals surface area contributed by atoms with Crippen LogP contribution in [0.1, 0.15) is 0 Å². The predicted octanol–water partition coefficient (Wildman–Crippen LogP) is -1.76. The van der Waals surface area contributed by atoms with E-state index in [0.29, 0.717) is 0 Å². The monoisotopic (exact) mass is 264 g/mol. The van der Waals surface area contributed by atoms with Crippen molar-refractivity contribution in [2.45, 2.75) is 0 Å². The molecule has 0 fully saturated rings. The minimum absolute atomic E-state index is 0. The van der Waals surface area contributed by atoms with Crippen molar-refractivity contribution in [2.75, 3.05) is 0 Å². The molecule has 0 radical (unpaired) electrons. The van der Waals surface area contributed by atoms with Crippen LogP contribution in [0.25, 0.3) is 11.3 Å². The average Bonchev–Trinajstić information content (AvgIpc) is 3.03. The zero-order valence-electron chi connectivity index (χ0n) is 8.75. The van der Waals surface area contributed by atoms with E-state index in [2.05, 4.69) is 38.8 Å². The number of hydrogen-bond acceptors (Lipinski definition) is 4. The van der Waals surface area contributed by atoms with E-state index in [1.165, 1.54) is 17.2 Å². The molecule has 1 atom stereocenters. The Bertz CT molecular complexity index is 521. The highest BCUT2D eigenvalue weighted by Crippen LogP contribution is 2.18. The van der Waals surface area contributed by atoms with Gasteiger partial charge in [0.1, 0.15) is 17.6 Å². The fourth-order valence-corrected chi connectivity index (χ4v) is 2.05. The fraction of sp³-hybridized carbons (Fsp3) is 0. The molecule has 1 aliphatic rings. The molecule has 17 heavy (non-hydrogen) atoms. The first-order chi connectivity index (χ1) is 7.93. The molecular formula is C11H9ClN4S. The topological polar surface area (TPSA) is 42.6 Å². The highest BCUT2D eigenvalue weighted by atomic mass is 35.5. The van der Waals surface area contributed by atoms with E-state index < -0.39 is 0 Å². The molecule has 1 N–H and O–H groups in total. The summed E-state index contributed by atoms with van der Waals surface area (Å²) in [6.45, 7) is 0. The van der Waals surface area contributed by atoms with E-state index >= 15 is 0 Å². The quantitative estimate of drug-likeness (QED) is 0.698. The number of nitrogens with zero attached hydrogens (tertiary/aromatic N) is 3. The Morgan fingerprint density at radius 3 is 2.53 bits per heavy atom. The van der Waals surface area contributed by atoms with Crippen molar-refractivity contribution >= 4 is 23.6 Å². The van der Waals surface area contributed by atoms with Gasteiger partial charge in [-0.15, -0.1) is 5.10 Å². The van der Waals surface area contributed by atoms with Crippen LogP contribution in [0.2, 0.25) is 0 Å². The lowest BCUT2D eigenvalue weighted by atomic mass is 10.1. The van der Waals surface area contributed by atoms with Crippen LogP contribution < -0.4 is 17.3 Å². The molecule has 0 spiro atoms. The van der Waals surface area contributed by atoms with Gasteiger partial charge in [0.15, 0.2) is 6.34 Å². The molecule has 3 rings (SSSR count). The summed E-state index contributed by atoms with van der Waals surface area (Å²) in [5, 5.41) is 5.98. The molecule has 1 aromatic heterocycles. The number of nitrogens with one attached hydrogen (secondary N) is 1. The predicted molar refractivity (Wildman–Crippen MR) is 63.6 cm³/mol. The molecule has 1 unspecified atom stereocenters. The largest absolute Gasteiger partial charge is 1.00 e. The third kappa shape index (κ3) is 2.41. The maximum Gasteiger partial charge on any atom is 0.198 e. The second-order valence-electron chi connectivity index (χ2n) is 3.42. The van der Waals surface area contributed by atoms with Gasteiger partial charge in [0.25, 0.3) is 0 Å². The van der Waals surface area contributed by atoms with Gasteiger partial charge >= 0.3 is 0 Å². The summed E-state index contributed by atoms with van der Waals surface area (Å²) in [6.07, 6.45) is 5.66. The summed E-state index contributed by atoms with van der Waals surface area (Å²) in [4.78, 5) is 5.19. The number of aliphatic imine (C=N–C) groups is 1. The van der Waals surface area contributed by atoms with Crippen molar-refractivity contribution in [2.24, 2.45) is 4.99 Å². The van der Waals surface area contributed by atoms with Crippen molar-refractivity contribution in [3.05, 3.63) is 42.0 Å². The maximum atomic E-state index is 4.05. The lowest BCUT2D eigenvalue weighted by Gasteiger charge is -2.04. The van der Waals surface area contributed by atoms with Crippen LogP contribution in [0.4, 0.5) is 5.69 Å². The van der Waals surface area contributed by atoms with Crippen LogP contribution in [-0.2, 0) is 0 Å². The minimum Gasteiger partial charge on any atom is -1.00 e. The normalized spacial score (nSPS) is 17.1. The van der Waals surface area contributed by atoms with Crippen molar-refractivity contribution in [3.8, 4) is 11.3 Å². The molecule has 0 saturated carbocycles. The second-order valence-corrected chi connectivity index (χ2v) is 4.03. The van der Waals surface area contributed by atoms with E-state index in [4.69, 9.17) is 0 Å². The van der Waals surface area contributed by atoms with Gasteiger partial charge in [-0.1, -0.05) is 4.49 Å². The Morgan fingerprint density at radius 2 is 1.94 bits per heavy atom. The molecule has 0 amide bonds. The SMILES string of the molecule is C1=C[NH+](c2ccc(-c3csnn3)cc2)C=N1.[Cl-]. The van der Waals surface area contributed by atoms with Crippen molar-refractivity contribution < 1.29 is 17.3 Å². The van der Waals surface area contributed by atoms with Gasteiger partial charge < -0.3 is 12.4 Å². The van der Waals surface area contributed by atoms with Gasteiger partial charge in [0.05, 0.1) is 6.20 Å². The van der Waals surface area contributed by atoms with Gasteiger partial charge in [-0.3, -0.25) is 0 Å². The number of benzene rings is 1. The lowest BCUT2D eigenvalue weighted by molar-refractivity contribution is -0.654. The summed E-state index contributed by atoms with van der Waals surface area (Å²) in [6, 6.07) is 8.26. The standard InChI is InChI=1S/C11H8N4S.ClH/c1-3-10(15-6-5-12-8-15)4-2-9(1)11-7-16-14-13-11;/h1-8H;1H. The van der Waals surface area contributed by atoms with Crippen LogP contribution in [0, 0.1) is 0 Å². The zero-order chi connectivity index (χ0) is 10.8. The highest BCUT2D eigenvalue weighted by molar-refractivity contribution is 7.03. The summed E-state index contributed by atoms with van der Waals surface area (Å²) < 4.78 is 3.85. The van der Waals surface area contributed by atoms with Crippen molar-refractivity contribution in [1.29, 1.82) is 0 Å². The van der Waals surface area contributed by atoms with E-state index in [1.54, 1.807) is 6.20 Å². The van der Waals surface area contributed by atoms with E-state index in [0.717, 1.165) is 16.2 Å². The maximum absolute atomic E-state index is 4.05. The number of quaternary nitrogens is 1. The van der Waals surface area contributed by atoms with Gasteiger partial charge in [-0.05, 0) is 23.7 Å². The minimum atomic E-state index is 0. The molecule has 2 aromatic rings. The number of hydrogen-bond donors (Lipinski definition) is 1. The molecule has 86 valence electrons. The molecule has 0 bridgehead atoms. The number of aromatic nitrogens is 2. The van der Waals surface area contributed by atoms with Gasteiger partial charge in [0, 0.05) is 23.1 Å². The third-order valence-electron chi connectivity index (χ3n) is 2.43. The Hall–Kier alpha value is -1.56. The molecule has 6 heteroatoms. The van der Waals surface area contributed by atoms with E-state index in [1.807, 2.05) is 17.9 Å². The van der Waals surface area contributed by atoms with Crippen LogP contribution in [0.5, 0.6) is 0 Å². The molecule has 0 saturated heterocycles. The van der Waals surface area contributed by atoms with E-state index in [-0.39, 0.29) is 12.4 Å². The second kappa shape index (κ2) is 5.18. The zero-order valence-corrected chi connectivity index (χ0v) is 10.3. The van der Waals surface area contributed by atoms with Crippen LogP contribution in [0.3, 0.4) is 0 Å². The molecular weight excluding hydrogens is 256 g/mol. The van der Waals surface area contributed by atoms with Crippen molar-refractivity contribution in [3.63, 3.8) is 0 Å². The average molecular weight is 265 g/mol. The van der Waals surface area contributed by atoms with E-state index in [9.17, 15) is 0 Å². The first kappa shape index (κ1) is 11.9. The Labute approximate surface area is 109 Å².